The Kier molecular flexibility index (Phi) is 12.7. The van der Waals surface area contributed by atoms with Crippen molar-refractivity contribution in [2.45, 2.75) is 54.3 Å². The average Bonchev–Trinajstić information content (AvgIpc) is 3.09. The van der Waals surface area contributed by atoms with Crippen molar-refractivity contribution in [2.75, 3.05) is 6.61 Å². The van der Waals surface area contributed by atoms with E-state index in [0.29, 0.717) is 12.2 Å². The van der Waals surface area contributed by atoms with Crippen molar-refractivity contribution >= 4 is 46.7 Å². The second-order valence-corrected chi connectivity index (χ2v) is 13.0. The first-order valence-corrected chi connectivity index (χ1v) is 16.1. The van der Waals surface area contributed by atoms with Crippen LogP contribution in [-0.2, 0) is 48.2 Å². The number of hydrogen-bond acceptors (Lipinski definition) is 8. The zero-order chi connectivity index (χ0) is 33.1. The standard InChI is InChI=1S/C36H34Cl3NO7/c37-36(38,39)35(40)47-34-32(46-33(41)28-19-11-4-12-20-28)31(44-23-27-17-9-3-10-18-27)30(43-22-26-15-7-2-8-16-26)29(45-34)24-42-21-25-13-5-1-6-14-25/h1-20,29-32,34,40H,21-24H2/t29-,30-,31+,32-,34?/m1/s1. The summed E-state index contributed by atoms with van der Waals surface area (Å²) in [5.74, 6) is -1.38. The predicted molar refractivity (Wildman–Crippen MR) is 180 cm³/mol. The molecule has 4 aromatic carbocycles. The van der Waals surface area contributed by atoms with Gasteiger partial charge in [0.05, 0.1) is 32.0 Å². The van der Waals surface area contributed by atoms with E-state index in [0.717, 1.165) is 16.7 Å². The van der Waals surface area contributed by atoms with Crippen LogP contribution >= 0.6 is 34.8 Å². The van der Waals surface area contributed by atoms with Crippen LogP contribution in [-0.4, -0.2) is 53.0 Å². The molecule has 1 aliphatic heterocycles. The topological polar surface area (TPSA) is 96.3 Å². The van der Waals surface area contributed by atoms with E-state index in [-0.39, 0.29) is 19.8 Å². The monoisotopic (exact) mass is 697 g/mol. The maximum Gasteiger partial charge on any atom is 0.338 e. The molecule has 5 atom stereocenters. The number of carbonyl (C=O) groups is 1. The van der Waals surface area contributed by atoms with Gasteiger partial charge in [0.25, 0.3) is 3.79 Å². The summed E-state index contributed by atoms with van der Waals surface area (Å²) in [5.41, 5.74) is 3.03. The molecule has 4 aromatic rings. The minimum absolute atomic E-state index is 0.0415. The maximum atomic E-state index is 13.5. The highest BCUT2D eigenvalue weighted by Gasteiger charge is 2.52. The van der Waals surface area contributed by atoms with Crippen molar-refractivity contribution in [3.05, 3.63) is 144 Å². The van der Waals surface area contributed by atoms with Crippen molar-refractivity contribution in [1.82, 2.24) is 0 Å². The summed E-state index contributed by atoms with van der Waals surface area (Å²) in [6.45, 7) is 0.676. The Balaban J connectivity index is 1.49. The molecule has 0 spiro atoms. The molecule has 0 bridgehead atoms. The molecular weight excluding hydrogens is 665 g/mol. The summed E-state index contributed by atoms with van der Waals surface area (Å²) in [7, 11) is 0. The van der Waals surface area contributed by atoms with E-state index in [1.165, 1.54) is 0 Å². The van der Waals surface area contributed by atoms with Crippen LogP contribution in [0.2, 0.25) is 0 Å². The maximum absolute atomic E-state index is 13.5. The van der Waals surface area contributed by atoms with Gasteiger partial charge in [-0.2, -0.15) is 0 Å². The highest BCUT2D eigenvalue weighted by Crippen LogP contribution is 2.34. The molecule has 0 saturated carbocycles. The largest absolute Gasteiger partial charge is 0.449 e. The summed E-state index contributed by atoms with van der Waals surface area (Å²) < 4.78 is 35.1. The SMILES string of the molecule is N=C(OC1O[C@H](COCc2ccccc2)[C@@H](OCc2ccccc2)[C@H](OCc2ccccc2)[C@H]1OC(=O)c1ccccc1)C(Cl)(Cl)Cl. The van der Waals surface area contributed by atoms with Gasteiger partial charge in [0.1, 0.15) is 18.3 Å². The summed E-state index contributed by atoms with van der Waals surface area (Å²) in [6.07, 6.45) is -5.30. The smallest absolute Gasteiger partial charge is 0.338 e. The fourth-order valence-corrected chi connectivity index (χ4v) is 5.11. The molecule has 0 amide bonds. The highest BCUT2D eigenvalue weighted by atomic mass is 35.6. The third kappa shape index (κ3) is 10.3. The van der Waals surface area contributed by atoms with E-state index in [2.05, 4.69) is 0 Å². The normalized spacial score (nSPS) is 21.1. The quantitative estimate of drug-likeness (QED) is 0.0662. The van der Waals surface area contributed by atoms with E-state index >= 15 is 0 Å². The van der Waals surface area contributed by atoms with Gasteiger partial charge in [-0.05, 0) is 28.8 Å². The second kappa shape index (κ2) is 17.1. The van der Waals surface area contributed by atoms with E-state index in [9.17, 15) is 4.79 Å². The first kappa shape index (κ1) is 34.9. The first-order valence-electron chi connectivity index (χ1n) is 14.9. The van der Waals surface area contributed by atoms with Crippen molar-refractivity contribution < 1.29 is 33.2 Å². The van der Waals surface area contributed by atoms with Crippen LogP contribution < -0.4 is 0 Å². The number of halogens is 3. The van der Waals surface area contributed by atoms with E-state index in [4.69, 9.17) is 68.6 Å². The number of ether oxygens (including phenoxy) is 6. The van der Waals surface area contributed by atoms with E-state index in [1.54, 1.807) is 30.3 Å². The summed E-state index contributed by atoms with van der Waals surface area (Å²) in [6, 6.07) is 37.3. The number of carbonyl (C=O) groups excluding carboxylic acids is 1. The molecule has 0 aliphatic carbocycles. The molecule has 47 heavy (non-hydrogen) atoms. The Morgan fingerprint density at radius 1 is 0.638 bits per heavy atom. The summed E-state index contributed by atoms with van der Waals surface area (Å²) >= 11 is 18.0. The summed E-state index contributed by atoms with van der Waals surface area (Å²) in [5, 5.41) is 8.33. The Morgan fingerprint density at radius 3 is 1.62 bits per heavy atom. The number of hydrogen-bond donors (Lipinski definition) is 1. The molecule has 1 aliphatic rings. The third-order valence-corrected chi connectivity index (χ3v) is 7.81. The lowest BCUT2D eigenvalue weighted by molar-refractivity contribution is -0.302. The van der Waals surface area contributed by atoms with Crippen molar-refractivity contribution in [3.63, 3.8) is 0 Å². The van der Waals surface area contributed by atoms with Crippen LogP contribution in [0.5, 0.6) is 0 Å². The number of benzene rings is 4. The molecule has 1 heterocycles. The first-order chi connectivity index (χ1) is 22.8. The van der Waals surface area contributed by atoms with Crippen LogP contribution in [0.25, 0.3) is 0 Å². The number of rotatable bonds is 13. The zero-order valence-corrected chi connectivity index (χ0v) is 27.5. The molecule has 11 heteroatoms. The Morgan fingerprint density at radius 2 is 1.11 bits per heavy atom. The molecular formula is C36H34Cl3NO7. The molecule has 5 rings (SSSR count). The van der Waals surface area contributed by atoms with Gasteiger partial charge < -0.3 is 28.4 Å². The minimum atomic E-state index is -2.21. The Labute approximate surface area is 288 Å². The lowest BCUT2D eigenvalue weighted by atomic mass is 9.97. The van der Waals surface area contributed by atoms with Gasteiger partial charge in [0, 0.05) is 0 Å². The lowest BCUT2D eigenvalue weighted by Gasteiger charge is -2.45. The summed E-state index contributed by atoms with van der Waals surface area (Å²) in [4.78, 5) is 13.5. The molecule has 1 fully saturated rings. The predicted octanol–water partition coefficient (Wildman–Crippen LogP) is 7.69. The van der Waals surface area contributed by atoms with Gasteiger partial charge in [-0.15, -0.1) is 0 Å². The fourth-order valence-electron chi connectivity index (χ4n) is 4.97. The molecule has 246 valence electrons. The highest BCUT2D eigenvalue weighted by molar-refractivity contribution is 6.76. The van der Waals surface area contributed by atoms with Crippen LogP contribution in [0.3, 0.4) is 0 Å². The molecule has 1 N–H and O–H groups in total. The van der Waals surface area contributed by atoms with E-state index < -0.39 is 46.4 Å². The number of alkyl halides is 3. The van der Waals surface area contributed by atoms with Crippen molar-refractivity contribution in [2.24, 2.45) is 0 Å². The van der Waals surface area contributed by atoms with Gasteiger partial charge in [-0.25, -0.2) is 4.79 Å². The van der Waals surface area contributed by atoms with Crippen LogP contribution in [0.4, 0.5) is 0 Å². The molecule has 1 unspecified atom stereocenters. The third-order valence-electron chi connectivity index (χ3n) is 7.30. The number of nitrogens with one attached hydrogen (secondary N) is 1. The van der Waals surface area contributed by atoms with Crippen LogP contribution in [0.15, 0.2) is 121 Å². The second-order valence-electron chi connectivity index (χ2n) is 10.7. The van der Waals surface area contributed by atoms with Gasteiger partial charge in [-0.1, -0.05) is 144 Å². The Bertz CT molecular complexity index is 1540. The van der Waals surface area contributed by atoms with Gasteiger partial charge in [0.15, 0.2) is 6.10 Å². The van der Waals surface area contributed by atoms with E-state index in [1.807, 2.05) is 91.0 Å². The molecule has 0 radical (unpaired) electrons. The lowest BCUT2D eigenvalue weighted by Crippen LogP contribution is -2.62. The van der Waals surface area contributed by atoms with Gasteiger partial charge in [-0.3, -0.25) is 5.41 Å². The van der Waals surface area contributed by atoms with Crippen molar-refractivity contribution in [3.8, 4) is 0 Å². The molecule has 0 aromatic heterocycles. The Hall–Kier alpha value is -3.47. The molecule has 8 nitrogen and oxygen atoms in total. The molecule has 1 saturated heterocycles. The van der Waals surface area contributed by atoms with Crippen LogP contribution in [0.1, 0.15) is 27.0 Å². The van der Waals surface area contributed by atoms with Crippen molar-refractivity contribution in [1.29, 1.82) is 5.41 Å². The van der Waals surface area contributed by atoms with Crippen LogP contribution in [0, 0.1) is 5.41 Å². The number of esters is 1. The minimum Gasteiger partial charge on any atom is -0.449 e. The zero-order valence-electron chi connectivity index (χ0n) is 25.3. The fraction of sp³-hybridized carbons (Fsp3) is 0.278. The van der Waals surface area contributed by atoms with Gasteiger partial charge >= 0.3 is 5.97 Å². The average molecular weight is 699 g/mol. The van der Waals surface area contributed by atoms with Gasteiger partial charge in [0.2, 0.25) is 12.2 Å².